The lowest BCUT2D eigenvalue weighted by molar-refractivity contribution is -0.133. The molecule has 0 saturated heterocycles. The number of thioether (sulfide) groups is 1. The predicted molar refractivity (Wildman–Crippen MR) is 136 cm³/mol. The minimum Gasteiger partial charge on any atom is -0.332 e. The lowest BCUT2D eigenvalue weighted by Gasteiger charge is -2.22. The Morgan fingerprint density at radius 2 is 1.79 bits per heavy atom. The van der Waals surface area contributed by atoms with Crippen molar-refractivity contribution in [3.63, 3.8) is 0 Å². The highest BCUT2D eigenvalue weighted by molar-refractivity contribution is 8.00. The Labute approximate surface area is 206 Å². The summed E-state index contributed by atoms with van der Waals surface area (Å²) >= 11 is 3.02. The summed E-state index contributed by atoms with van der Waals surface area (Å²) in [6, 6.07) is 19.7. The van der Waals surface area contributed by atoms with Gasteiger partial charge in [0.25, 0.3) is 0 Å². The summed E-state index contributed by atoms with van der Waals surface area (Å²) in [7, 11) is 0. The van der Waals surface area contributed by atoms with Gasteiger partial charge in [-0.05, 0) is 24.6 Å². The first-order valence-electron chi connectivity index (χ1n) is 10.8. The molecule has 0 fully saturated rings. The van der Waals surface area contributed by atoms with Crippen molar-refractivity contribution in [1.82, 2.24) is 19.7 Å². The molecule has 2 aromatic heterocycles. The molecule has 0 saturated carbocycles. The van der Waals surface area contributed by atoms with E-state index in [1.165, 1.54) is 11.8 Å². The lowest BCUT2D eigenvalue weighted by Crippen LogP contribution is -2.33. The maximum atomic E-state index is 13.2. The van der Waals surface area contributed by atoms with E-state index >= 15 is 0 Å². The highest BCUT2D eigenvalue weighted by Gasteiger charge is 2.18. The van der Waals surface area contributed by atoms with Gasteiger partial charge in [0.15, 0.2) is 0 Å². The van der Waals surface area contributed by atoms with Crippen molar-refractivity contribution < 1.29 is 9.59 Å². The topological polar surface area (TPSA) is 80.1 Å². The van der Waals surface area contributed by atoms with E-state index in [9.17, 15) is 9.59 Å². The molecular weight excluding hydrogens is 466 g/mol. The second-order valence-electron chi connectivity index (χ2n) is 7.67. The molecule has 0 spiro atoms. The van der Waals surface area contributed by atoms with Crippen LogP contribution >= 0.6 is 23.1 Å². The van der Waals surface area contributed by atoms with Crippen LogP contribution < -0.4 is 5.32 Å². The van der Waals surface area contributed by atoms with E-state index in [1.807, 2.05) is 72.5 Å². The minimum absolute atomic E-state index is 0.0581. The highest BCUT2D eigenvalue weighted by atomic mass is 32.2. The zero-order valence-corrected chi connectivity index (χ0v) is 20.4. The van der Waals surface area contributed by atoms with Crippen LogP contribution in [0.2, 0.25) is 0 Å². The van der Waals surface area contributed by atoms with Gasteiger partial charge in [0, 0.05) is 22.5 Å². The molecule has 0 atom stereocenters. The van der Waals surface area contributed by atoms with Crippen molar-refractivity contribution >= 4 is 40.6 Å². The van der Waals surface area contributed by atoms with Gasteiger partial charge in [-0.25, -0.2) is 4.98 Å². The van der Waals surface area contributed by atoms with Crippen LogP contribution in [0.1, 0.15) is 16.1 Å². The van der Waals surface area contributed by atoms with Crippen LogP contribution in [0.15, 0.2) is 83.5 Å². The second-order valence-corrected chi connectivity index (χ2v) is 9.66. The maximum absolute atomic E-state index is 13.2. The summed E-state index contributed by atoms with van der Waals surface area (Å²) in [6.07, 6.45) is 3.24. The van der Waals surface area contributed by atoms with Crippen molar-refractivity contribution in [2.24, 2.45) is 0 Å². The van der Waals surface area contributed by atoms with Crippen molar-refractivity contribution in [2.75, 3.05) is 11.1 Å². The standard InChI is InChI=1S/C25H25N5O2S2/c1-19-23(34-18-26-19)15-29(13-20-8-4-2-5-9-20)25(32)16-30-14-21(12-27-30)28-24(31)17-33-22-10-6-3-7-11-22/h2-12,14,18H,13,15-17H2,1H3,(H,28,31). The first-order chi connectivity index (χ1) is 16.6. The number of carbonyl (C=O) groups is 2. The second kappa shape index (κ2) is 11.6. The Bertz CT molecular complexity index is 1220. The molecule has 9 heteroatoms. The summed E-state index contributed by atoms with van der Waals surface area (Å²) in [4.78, 5) is 33.7. The molecule has 1 N–H and O–H groups in total. The van der Waals surface area contributed by atoms with Crippen LogP contribution in [0.3, 0.4) is 0 Å². The first-order valence-corrected chi connectivity index (χ1v) is 12.6. The summed E-state index contributed by atoms with van der Waals surface area (Å²) in [5.41, 5.74) is 4.36. The third kappa shape index (κ3) is 6.79. The fourth-order valence-corrected chi connectivity index (χ4v) is 4.81. The van der Waals surface area contributed by atoms with Gasteiger partial charge >= 0.3 is 0 Å². The molecule has 174 valence electrons. The molecule has 0 aliphatic rings. The number of hydrogen-bond donors (Lipinski definition) is 1. The Morgan fingerprint density at radius 3 is 2.50 bits per heavy atom. The molecule has 2 heterocycles. The van der Waals surface area contributed by atoms with Crippen LogP contribution in [0.4, 0.5) is 5.69 Å². The van der Waals surface area contributed by atoms with E-state index < -0.39 is 0 Å². The molecule has 7 nitrogen and oxygen atoms in total. The number of carbonyl (C=O) groups excluding carboxylic acids is 2. The van der Waals surface area contributed by atoms with E-state index in [1.54, 1.807) is 33.9 Å². The molecule has 34 heavy (non-hydrogen) atoms. The van der Waals surface area contributed by atoms with E-state index in [0.717, 1.165) is 21.0 Å². The van der Waals surface area contributed by atoms with Gasteiger partial charge in [-0.2, -0.15) is 5.10 Å². The van der Waals surface area contributed by atoms with E-state index in [2.05, 4.69) is 15.4 Å². The number of benzene rings is 2. The Hall–Kier alpha value is -3.43. The number of anilines is 1. The first kappa shape index (κ1) is 23.7. The average Bonchev–Trinajstić information content (AvgIpc) is 3.46. The van der Waals surface area contributed by atoms with Crippen LogP contribution in [-0.2, 0) is 29.2 Å². The zero-order chi connectivity index (χ0) is 23.8. The van der Waals surface area contributed by atoms with E-state index in [0.29, 0.717) is 24.5 Å². The Kier molecular flexibility index (Phi) is 8.11. The van der Waals surface area contributed by atoms with Gasteiger partial charge in [0.1, 0.15) is 6.54 Å². The maximum Gasteiger partial charge on any atom is 0.244 e. The number of aryl methyl sites for hydroxylation is 1. The van der Waals surface area contributed by atoms with Crippen LogP contribution in [0, 0.1) is 6.92 Å². The normalized spacial score (nSPS) is 10.7. The third-order valence-corrected chi connectivity index (χ3v) is 7.01. The lowest BCUT2D eigenvalue weighted by atomic mass is 10.2. The largest absolute Gasteiger partial charge is 0.332 e. The fourth-order valence-electron chi connectivity index (χ4n) is 3.30. The monoisotopic (exact) mass is 491 g/mol. The van der Waals surface area contributed by atoms with E-state index in [4.69, 9.17) is 0 Å². The van der Waals surface area contributed by atoms with Gasteiger partial charge in [0.2, 0.25) is 11.8 Å². The number of thiazole rings is 1. The van der Waals surface area contributed by atoms with Crippen molar-refractivity contribution in [1.29, 1.82) is 0 Å². The highest BCUT2D eigenvalue weighted by Crippen LogP contribution is 2.19. The Morgan fingerprint density at radius 1 is 1.06 bits per heavy atom. The third-order valence-electron chi connectivity index (χ3n) is 5.08. The van der Waals surface area contributed by atoms with Crippen LogP contribution in [0.25, 0.3) is 0 Å². The number of nitrogens with one attached hydrogen (secondary N) is 1. The Balaban J connectivity index is 1.36. The number of amides is 2. The van der Waals surface area contributed by atoms with Crippen molar-refractivity contribution in [3.05, 3.63) is 94.7 Å². The predicted octanol–water partition coefficient (Wildman–Crippen LogP) is 4.61. The zero-order valence-electron chi connectivity index (χ0n) is 18.8. The quantitative estimate of drug-likeness (QED) is 0.328. The van der Waals surface area contributed by atoms with Crippen molar-refractivity contribution in [3.8, 4) is 0 Å². The summed E-state index contributed by atoms with van der Waals surface area (Å²) in [5.74, 6) is 0.121. The molecule has 0 aliphatic heterocycles. The average molecular weight is 492 g/mol. The van der Waals surface area contributed by atoms with Gasteiger partial charge in [-0.3, -0.25) is 14.3 Å². The summed E-state index contributed by atoms with van der Waals surface area (Å²) in [5, 5.41) is 7.11. The molecule has 0 unspecified atom stereocenters. The fraction of sp³-hybridized carbons (Fsp3) is 0.200. The van der Waals surface area contributed by atoms with Gasteiger partial charge in [0.05, 0.1) is 35.4 Å². The van der Waals surface area contributed by atoms with Crippen LogP contribution in [-0.4, -0.2) is 37.2 Å². The molecule has 4 aromatic rings. The molecule has 2 amide bonds. The van der Waals surface area contributed by atoms with Gasteiger partial charge in [-0.1, -0.05) is 48.5 Å². The minimum atomic E-state index is -0.119. The molecule has 4 rings (SSSR count). The SMILES string of the molecule is Cc1ncsc1CN(Cc1ccccc1)C(=O)Cn1cc(NC(=O)CSc2ccccc2)cn1. The number of nitrogens with zero attached hydrogens (tertiary/aromatic N) is 4. The number of aromatic nitrogens is 3. The molecule has 0 aliphatic carbocycles. The van der Waals surface area contributed by atoms with Crippen LogP contribution in [0.5, 0.6) is 0 Å². The number of rotatable bonds is 10. The smallest absolute Gasteiger partial charge is 0.244 e. The van der Waals surface area contributed by atoms with Gasteiger partial charge in [-0.15, -0.1) is 23.1 Å². The molecule has 0 bridgehead atoms. The summed E-state index contributed by atoms with van der Waals surface area (Å²) in [6.45, 7) is 3.03. The van der Waals surface area contributed by atoms with Crippen molar-refractivity contribution in [2.45, 2.75) is 31.5 Å². The van der Waals surface area contributed by atoms with Gasteiger partial charge < -0.3 is 10.2 Å². The molecule has 0 radical (unpaired) electrons. The summed E-state index contributed by atoms with van der Waals surface area (Å²) < 4.78 is 1.56. The number of hydrogen-bond acceptors (Lipinski definition) is 6. The molecule has 2 aromatic carbocycles. The van der Waals surface area contributed by atoms with E-state index in [-0.39, 0.29) is 18.4 Å². The molecular formula is C25H25N5O2S2.